The number of benzene rings is 4. The van der Waals surface area contributed by atoms with E-state index in [1.165, 1.54) is 10.6 Å². The summed E-state index contributed by atoms with van der Waals surface area (Å²) in [7, 11) is -2.23. The van der Waals surface area contributed by atoms with Crippen molar-refractivity contribution in [2.75, 3.05) is 0 Å². The predicted octanol–water partition coefficient (Wildman–Crippen LogP) is 4.74. The number of nitrogens with zero attached hydrogens (tertiary/aromatic N) is 1. The Bertz CT molecular complexity index is 1120. The quantitative estimate of drug-likeness (QED) is 0.467. The van der Waals surface area contributed by atoms with Crippen molar-refractivity contribution in [2.24, 2.45) is 4.74 Å². The molecule has 3 nitrogen and oxygen atoms in total. The van der Waals surface area contributed by atoms with Crippen LogP contribution in [0.4, 0.5) is 4.79 Å². The highest BCUT2D eigenvalue weighted by molar-refractivity contribution is 7.81. The fraction of sp³-hybridized carbons (Fsp3) is 0. The van der Waals surface area contributed by atoms with Crippen LogP contribution in [0.1, 0.15) is 0 Å². The van der Waals surface area contributed by atoms with E-state index in [9.17, 15) is 9.90 Å². The molecular formula is C25H20NO2P2+. The highest BCUT2D eigenvalue weighted by Crippen LogP contribution is 2.35. The minimum Gasteiger partial charge on any atom is -0.461 e. The van der Waals surface area contributed by atoms with Gasteiger partial charge in [-0.15, -0.1) is 0 Å². The van der Waals surface area contributed by atoms with Gasteiger partial charge in [0.1, 0.15) is 0 Å². The molecule has 0 radical (unpaired) electrons. The number of carboxylic acid groups (broad SMARTS) is 1. The largest absolute Gasteiger partial charge is 0.469 e. The second-order valence-corrected chi connectivity index (χ2v) is 10.5. The van der Waals surface area contributed by atoms with E-state index in [1.807, 2.05) is 60.7 Å². The average Bonchev–Trinajstić information content (AvgIpc) is 2.80. The minimum absolute atomic E-state index is 0.851. The summed E-state index contributed by atoms with van der Waals surface area (Å²) in [5.41, 5.74) is 0. The summed E-state index contributed by atoms with van der Waals surface area (Å²) >= 11 is 0. The van der Waals surface area contributed by atoms with Crippen molar-refractivity contribution in [3.05, 3.63) is 115 Å². The molecule has 1 N–H and O–H groups in total. The maximum Gasteiger partial charge on any atom is 0.469 e. The minimum atomic E-state index is -1.38. The first-order chi connectivity index (χ1) is 14.7. The molecule has 146 valence electrons. The van der Waals surface area contributed by atoms with Gasteiger partial charge < -0.3 is 5.11 Å². The van der Waals surface area contributed by atoms with Crippen LogP contribution in [0.15, 0.2) is 120 Å². The number of hydrogen-bond acceptors (Lipinski definition) is 1. The maximum absolute atomic E-state index is 11.6. The lowest BCUT2D eigenvalue weighted by Crippen LogP contribution is -2.30. The topological polar surface area (TPSA) is 49.7 Å². The normalized spacial score (nSPS) is 11.4. The van der Waals surface area contributed by atoms with Crippen molar-refractivity contribution >= 4 is 48.3 Å². The molecule has 0 saturated heterocycles. The van der Waals surface area contributed by atoms with E-state index in [1.54, 1.807) is 0 Å². The zero-order valence-corrected chi connectivity index (χ0v) is 18.0. The summed E-state index contributed by atoms with van der Waals surface area (Å²) in [5, 5.41) is 15.0. The molecule has 1 unspecified atom stereocenters. The highest BCUT2D eigenvalue weighted by Gasteiger charge is 2.30. The van der Waals surface area contributed by atoms with Gasteiger partial charge in [0.15, 0.2) is 10.6 Å². The molecule has 0 aliphatic heterocycles. The lowest BCUT2D eigenvalue weighted by atomic mass is 10.3. The van der Waals surface area contributed by atoms with Crippen LogP contribution in [-0.2, 0) is 0 Å². The first-order valence-electron chi connectivity index (χ1n) is 9.53. The summed E-state index contributed by atoms with van der Waals surface area (Å²) in [6, 6.07) is 38.7. The molecule has 5 heteroatoms. The summed E-state index contributed by atoms with van der Waals surface area (Å²) in [5.74, 6) is 0. The third kappa shape index (κ3) is 4.54. The van der Waals surface area contributed by atoms with Gasteiger partial charge in [-0.05, 0) is 42.8 Å². The average molecular weight is 428 g/mol. The molecule has 4 aromatic rings. The fourth-order valence-corrected chi connectivity index (χ4v) is 7.88. The van der Waals surface area contributed by atoms with Crippen LogP contribution in [-0.4, -0.2) is 11.2 Å². The number of hydrogen-bond donors (Lipinski definition) is 1. The Hall–Kier alpha value is -3.12. The zero-order chi connectivity index (χ0) is 20.8. The van der Waals surface area contributed by atoms with Gasteiger partial charge >= 0.3 is 6.09 Å². The highest BCUT2D eigenvalue weighted by atomic mass is 31.1. The molecule has 1 atom stereocenters. The zero-order valence-electron chi connectivity index (χ0n) is 16.2. The van der Waals surface area contributed by atoms with E-state index in [0.717, 1.165) is 15.9 Å². The SMILES string of the molecule is O=C(O)/N=[P+](\c1ccccc1)c1ccccc1P(c1ccccc1)c1ccccc1. The molecule has 0 bridgehead atoms. The Morgan fingerprint density at radius 3 is 1.67 bits per heavy atom. The predicted molar refractivity (Wildman–Crippen MR) is 128 cm³/mol. The van der Waals surface area contributed by atoms with Gasteiger partial charge in [-0.3, -0.25) is 0 Å². The summed E-state index contributed by atoms with van der Waals surface area (Å²) in [4.78, 5) is 11.6. The van der Waals surface area contributed by atoms with E-state index in [0.29, 0.717) is 0 Å². The van der Waals surface area contributed by atoms with Gasteiger partial charge in [-0.25, -0.2) is 4.79 Å². The molecule has 0 aliphatic carbocycles. The van der Waals surface area contributed by atoms with Crippen LogP contribution >= 0.6 is 15.6 Å². The van der Waals surface area contributed by atoms with Crippen LogP contribution in [0.25, 0.3) is 0 Å². The van der Waals surface area contributed by atoms with Gasteiger partial charge in [0.25, 0.3) is 7.71 Å². The molecule has 0 fully saturated rings. The Kier molecular flexibility index (Phi) is 6.44. The van der Waals surface area contributed by atoms with E-state index < -0.39 is 21.7 Å². The van der Waals surface area contributed by atoms with E-state index >= 15 is 0 Å². The number of amides is 1. The molecule has 0 heterocycles. The smallest absolute Gasteiger partial charge is 0.461 e. The second kappa shape index (κ2) is 9.59. The molecule has 0 aliphatic rings. The molecule has 4 rings (SSSR count). The molecule has 30 heavy (non-hydrogen) atoms. The summed E-state index contributed by atoms with van der Waals surface area (Å²) in [6.45, 7) is 0. The maximum atomic E-state index is 11.6. The third-order valence-corrected chi connectivity index (χ3v) is 9.25. The molecule has 0 saturated carbocycles. The van der Waals surface area contributed by atoms with Crippen LogP contribution in [0.5, 0.6) is 0 Å². The summed E-state index contributed by atoms with van der Waals surface area (Å²) < 4.78 is 4.14. The fourth-order valence-electron chi connectivity index (χ4n) is 3.32. The van der Waals surface area contributed by atoms with Gasteiger partial charge in [-0.2, -0.15) is 0 Å². The first kappa shape index (κ1) is 20.2. The lowest BCUT2D eigenvalue weighted by molar-refractivity contribution is 0.206. The van der Waals surface area contributed by atoms with Gasteiger partial charge in [0, 0.05) is 10.0 Å². The number of carbonyl (C=O) groups is 1. The third-order valence-electron chi connectivity index (χ3n) is 4.57. The standard InChI is InChI=1S/C25H19NO2P2/c27-25(28)26-30(22-16-8-3-9-17-22)24-19-11-10-18-23(24)29(20-12-4-1-5-13-20)21-14-6-2-7-15-21/h1-19H/p+1. The first-order valence-corrected chi connectivity index (χ1v) is 12.2. The lowest BCUT2D eigenvalue weighted by Gasteiger charge is -2.19. The Morgan fingerprint density at radius 1 is 0.667 bits per heavy atom. The van der Waals surface area contributed by atoms with E-state index in [2.05, 4.69) is 59.3 Å². The number of rotatable bonds is 5. The molecule has 0 spiro atoms. The van der Waals surface area contributed by atoms with Crippen LogP contribution in [0, 0.1) is 0 Å². The van der Waals surface area contributed by atoms with Crippen LogP contribution < -0.4 is 26.5 Å². The van der Waals surface area contributed by atoms with Gasteiger partial charge in [-0.1, -0.05) is 91.0 Å². The molecule has 0 aromatic heterocycles. The Labute approximate surface area is 178 Å². The Morgan fingerprint density at radius 2 is 1.13 bits per heavy atom. The molecular weight excluding hydrogens is 408 g/mol. The van der Waals surface area contributed by atoms with Crippen molar-refractivity contribution in [3.8, 4) is 0 Å². The second-order valence-electron chi connectivity index (χ2n) is 6.53. The molecule has 1 amide bonds. The van der Waals surface area contributed by atoms with Crippen molar-refractivity contribution in [2.45, 2.75) is 0 Å². The van der Waals surface area contributed by atoms with Crippen molar-refractivity contribution in [1.29, 1.82) is 0 Å². The van der Waals surface area contributed by atoms with Gasteiger partial charge in [0.2, 0.25) is 0 Å². The summed E-state index contributed by atoms with van der Waals surface area (Å²) in [6.07, 6.45) is -1.14. The Balaban J connectivity index is 1.96. The molecule has 4 aromatic carbocycles. The van der Waals surface area contributed by atoms with Crippen molar-refractivity contribution < 1.29 is 9.90 Å². The van der Waals surface area contributed by atoms with Crippen LogP contribution in [0.2, 0.25) is 0 Å². The van der Waals surface area contributed by atoms with Crippen LogP contribution in [0.3, 0.4) is 0 Å². The van der Waals surface area contributed by atoms with Gasteiger partial charge in [0.05, 0.1) is 0 Å². The van der Waals surface area contributed by atoms with Crippen molar-refractivity contribution in [1.82, 2.24) is 0 Å². The van der Waals surface area contributed by atoms with E-state index in [4.69, 9.17) is 0 Å². The van der Waals surface area contributed by atoms with E-state index in [-0.39, 0.29) is 0 Å². The van der Waals surface area contributed by atoms with Crippen molar-refractivity contribution in [3.63, 3.8) is 0 Å². The monoisotopic (exact) mass is 428 g/mol.